The van der Waals surface area contributed by atoms with Gasteiger partial charge in [0, 0.05) is 18.2 Å². The second-order valence-corrected chi connectivity index (χ2v) is 5.92. The van der Waals surface area contributed by atoms with E-state index in [1.54, 1.807) is 12.1 Å². The van der Waals surface area contributed by atoms with Gasteiger partial charge in [0.1, 0.15) is 5.02 Å². The van der Waals surface area contributed by atoms with Crippen LogP contribution in [0.1, 0.15) is 44.6 Å². The first-order valence-corrected chi connectivity index (χ1v) is 7.06. The number of hydrogen-bond donors (Lipinski definition) is 1. The van der Waals surface area contributed by atoms with Crippen LogP contribution in [0.15, 0.2) is 18.2 Å². The van der Waals surface area contributed by atoms with Gasteiger partial charge in [0.2, 0.25) is 0 Å². The fourth-order valence-electron chi connectivity index (χ4n) is 2.63. The predicted octanol–water partition coefficient (Wildman–Crippen LogP) is 4.06. The lowest BCUT2D eigenvalue weighted by Crippen LogP contribution is -2.43. The number of hydrogen-bond acceptors (Lipinski definition) is 3. The Morgan fingerprint density at radius 3 is 2.68 bits per heavy atom. The smallest absolute Gasteiger partial charge is 0.288 e. The van der Waals surface area contributed by atoms with E-state index in [1.165, 1.54) is 32.1 Å². The van der Waals surface area contributed by atoms with Crippen molar-refractivity contribution in [2.75, 3.05) is 0 Å². The molecule has 0 unspecified atom stereocenters. The summed E-state index contributed by atoms with van der Waals surface area (Å²) >= 11 is 5.81. The van der Waals surface area contributed by atoms with Gasteiger partial charge in [-0.3, -0.25) is 10.1 Å². The Morgan fingerprint density at radius 1 is 1.37 bits per heavy atom. The molecule has 0 aromatic heterocycles. The summed E-state index contributed by atoms with van der Waals surface area (Å²) in [5.74, 6) is 0. The molecule has 104 valence electrons. The Labute approximate surface area is 118 Å². The zero-order chi connectivity index (χ0) is 13.9. The molecule has 0 heterocycles. The Balaban J connectivity index is 2.03. The molecule has 2 rings (SSSR count). The molecule has 0 saturated heterocycles. The Bertz CT molecular complexity index is 471. The summed E-state index contributed by atoms with van der Waals surface area (Å²) in [6.07, 6.45) is 6.16. The maximum atomic E-state index is 10.8. The van der Waals surface area contributed by atoms with Gasteiger partial charge < -0.3 is 5.32 Å². The first kappa shape index (κ1) is 14.3. The van der Waals surface area contributed by atoms with Gasteiger partial charge in [-0.2, -0.15) is 0 Å². The molecule has 5 heteroatoms. The van der Waals surface area contributed by atoms with Crippen LogP contribution in [0.25, 0.3) is 0 Å². The van der Waals surface area contributed by atoms with Crippen LogP contribution < -0.4 is 5.32 Å². The Hall–Kier alpha value is -1.13. The molecule has 0 radical (unpaired) electrons. The molecule has 0 amide bonds. The van der Waals surface area contributed by atoms with E-state index in [0.29, 0.717) is 6.54 Å². The van der Waals surface area contributed by atoms with Gasteiger partial charge in [-0.25, -0.2) is 0 Å². The van der Waals surface area contributed by atoms with Crippen molar-refractivity contribution in [3.63, 3.8) is 0 Å². The van der Waals surface area contributed by atoms with Gasteiger partial charge in [0.05, 0.1) is 4.92 Å². The van der Waals surface area contributed by atoms with E-state index in [9.17, 15) is 10.1 Å². The molecule has 19 heavy (non-hydrogen) atoms. The SMILES string of the molecule is CC1(NCc2ccc(Cl)c([N+](=O)[O-])c2)CCCCC1. The number of benzene rings is 1. The second kappa shape index (κ2) is 5.88. The monoisotopic (exact) mass is 282 g/mol. The standard InChI is InChI=1S/C14H19ClN2O2/c1-14(7-3-2-4-8-14)16-10-11-5-6-12(15)13(9-11)17(18)19/h5-6,9,16H,2-4,7-8,10H2,1H3. The molecule has 0 bridgehead atoms. The van der Waals surface area contributed by atoms with Crippen molar-refractivity contribution in [2.45, 2.75) is 51.1 Å². The topological polar surface area (TPSA) is 55.2 Å². The number of nitrogens with one attached hydrogen (secondary N) is 1. The van der Waals surface area contributed by atoms with E-state index in [-0.39, 0.29) is 16.2 Å². The minimum absolute atomic E-state index is 0.0187. The van der Waals surface area contributed by atoms with E-state index in [2.05, 4.69) is 12.2 Å². The maximum absolute atomic E-state index is 10.8. The number of rotatable bonds is 4. The van der Waals surface area contributed by atoms with Crippen molar-refractivity contribution < 1.29 is 4.92 Å². The lowest BCUT2D eigenvalue weighted by Gasteiger charge is -2.34. The first-order valence-electron chi connectivity index (χ1n) is 6.68. The van der Waals surface area contributed by atoms with Crippen LogP contribution in [0.2, 0.25) is 5.02 Å². The summed E-state index contributed by atoms with van der Waals surface area (Å²) in [5.41, 5.74) is 1.05. The lowest BCUT2D eigenvalue weighted by molar-refractivity contribution is -0.384. The quantitative estimate of drug-likeness (QED) is 0.669. The van der Waals surface area contributed by atoms with Crippen LogP contribution in [-0.2, 0) is 6.54 Å². The van der Waals surface area contributed by atoms with Crippen molar-refractivity contribution >= 4 is 17.3 Å². The summed E-state index contributed by atoms with van der Waals surface area (Å²) < 4.78 is 0. The summed E-state index contributed by atoms with van der Waals surface area (Å²) in [7, 11) is 0. The highest BCUT2D eigenvalue weighted by atomic mass is 35.5. The summed E-state index contributed by atoms with van der Waals surface area (Å²) in [4.78, 5) is 10.4. The van der Waals surface area contributed by atoms with Crippen LogP contribution in [0.3, 0.4) is 0 Å². The lowest BCUT2D eigenvalue weighted by atomic mass is 9.83. The molecular formula is C14H19ClN2O2. The highest BCUT2D eigenvalue weighted by Crippen LogP contribution is 2.29. The minimum atomic E-state index is -0.436. The third-order valence-corrected chi connectivity index (χ3v) is 4.20. The van der Waals surface area contributed by atoms with Crippen molar-refractivity contribution in [3.05, 3.63) is 38.9 Å². The first-order chi connectivity index (χ1) is 9.00. The molecule has 1 saturated carbocycles. The number of nitro groups is 1. The Kier molecular flexibility index (Phi) is 4.42. The zero-order valence-electron chi connectivity index (χ0n) is 11.1. The van der Waals surface area contributed by atoms with Gasteiger partial charge in [-0.1, -0.05) is 36.9 Å². The van der Waals surface area contributed by atoms with Crippen LogP contribution in [0.4, 0.5) is 5.69 Å². The van der Waals surface area contributed by atoms with Gasteiger partial charge in [-0.05, 0) is 31.4 Å². The highest BCUT2D eigenvalue weighted by Gasteiger charge is 2.26. The van der Waals surface area contributed by atoms with Gasteiger partial charge >= 0.3 is 0 Å². The molecule has 1 aliphatic rings. The molecule has 1 aromatic carbocycles. The molecular weight excluding hydrogens is 264 g/mol. The molecule has 0 aliphatic heterocycles. The summed E-state index contributed by atoms with van der Waals surface area (Å²) in [5, 5.41) is 14.6. The molecule has 1 aromatic rings. The second-order valence-electron chi connectivity index (χ2n) is 5.52. The van der Waals surface area contributed by atoms with Crippen molar-refractivity contribution in [2.24, 2.45) is 0 Å². The van der Waals surface area contributed by atoms with Crippen molar-refractivity contribution in [1.82, 2.24) is 5.32 Å². The zero-order valence-corrected chi connectivity index (χ0v) is 11.9. The molecule has 4 nitrogen and oxygen atoms in total. The van der Waals surface area contributed by atoms with Gasteiger partial charge in [0.25, 0.3) is 5.69 Å². The van der Waals surface area contributed by atoms with Crippen molar-refractivity contribution in [1.29, 1.82) is 0 Å². The van der Waals surface area contributed by atoms with Crippen LogP contribution in [-0.4, -0.2) is 10.5 Å². The van der Waals surface area contributed by atoms with Crippen LogP contribution in [0.5, 0.6) is 0 Å². The molecule has 0 atom stereocenters. The maximum Gasteiger partial charge on any atom is 0.288 e. The molecule has 1 N–H and O–H groups in total. The normalized spacial score (nSPS) is 18.2. The Morgan fingerprint density at radius 2 is 2.05 bits per heavy atom. The molecule has 1 aliphatic carbocycles. The third-order valence-electron chi connectivity index (χ3n) is 3.88. The fourth-order valence-corrected chi connectivity index (χ4v) is 2.82. The van der Waals surface area contributed by atoms with E-state index in [4.69, 9.17) is 11.6 Å². The van der Waals surface area contributed by atoms with E-state index >= 15 is 0 Å². The molecule has 0 spiro atoms. The average Bonchev–Trinajstić information content (AvgIpc) is 2.38. The largest absolute Gasteiger partial charge is 0.307 e. The number of nitrogens with zero attached hydrogens (tertiary/aromatic N) is 1. The van der Waals surface area contributed by atoms with Gasteiger partial charge in [-0.15, -0.1) is 0 Å². The summed E-state index contributed by atoms with van der Waals surface area (Å²) in [6.45, 7) is 2.88. The number of halogens is 1. The average molecular weight is 283 g/mol. The van der Waals surface area contributed by atoms with Gasteiger partial charge in [0.15, 0.2) is 0 Å². The van der Waals surface area contributed by atoms with E-state index in [1.807, 2.05) is 6.07 Å². The number of nitro benzene ring substituents is 1. The fraction of sp³-hybridized carbons (Fsp3) is 0.571. The summed E-state index contributed by atoms with van der Waals surface area (Å²) in [6, 6.07) is 5.00. The minimum Gasteiger partial charge on any atom is -0.307 e. The van der Waals surface area contributed by atoms with E-state index < -0.39 is 4.92 Å². The van der Waals surface area contributed by atoms with E-state index in [0.717, 1.165) is 5.56 Å². The predicted molar refractivity (Wildman–Crippen MR) is 76.4 cm³/mol. The van der Waals surface area contributed by atoms with Crippen LogP contribution >= 0.6 is 11.6 Å². The molecule has 1 fully saturated rings. The van der Waals surface area contributed by atoms with Crippen LogP contribution in [0, 0.1) is 10.1 Å². The van der Waals surface area contributed by atoms with Crippen molar-refractivity contribution in [3.8, 4) is 0 Å². The third kappa shape index (κ3) is 3.67. The highest BCUT2D eigenvalue weighted by molar-refractivity contribution is 6.32.